The fraction of sp³-hybridized carbons (Fsp3) is 0.0625. The molecule has 2 heterocycles. The molecule has 0 radical (unpaired) electrons. The number of nitrogens with zero attached hydrogens (tertiary/aromatic N) is 3. The molecule has 7 heteroatoms. The van der Waals surface area contributed by atoms with Gasteiger partial charge in [0.15, 0.2) is 0 Å². The molecular formula is C16H11N5OS. The van der Waals surface area contributed by atoms with Crippen molar-refractivity contribution in [3.63, 3.8) is 0 Å². The van der Waals surface area contributed by atoms with Crippen LogP contribution in [0.5, 0.6) is 5.75 Å². The Bertz CT molecular complexity index is 993. The number of hydrogen-bond donors (Lipinski definition) is 2. The number of nitrogen functional groups attached to an aromatic ring is 2. The molecule has 0 spiro atoms. The van der Waals surface area contributed by atoms with Crippen molar-refractivity contribution in [2.75, 3.05) is 18.6 Å². The van der Waals surface area contributed by atoms with Gasteiger partial charge < -0.3 is 16.2 Å². The summed E-state index contributed by atoms with van der Waals surface area (Å²) in [4.78, 5) is 5.39. The summed E-state index contributed by atoms with van der Waals surface area (Å²) in [5.74, 6) is 0.702. The Kier molecular flexibility index (Phi) is 3.49. The number of nitrogens with two attached hydrogens (primary N) is 2. The van der Waals surface area contributed by atoms with Crippen LogP contribution >= 0.6 is 11.3 Å². The summed E-state index contributed by atoms with van der Waals surface area (Å²) in [6.07, 6.45) is 0. The number of benzene rings is 1. The fourth-order valence-electron chi connectivity index (χ4n) is 2.33. The van der Waals surface area contributed by atoms with Crippen molar-refractivity contribution in [2.24, 2.45) is 0 Å². The third-order valence-electron chi connectivity index (χ3n) is 3.49. The second-order valence-corrected chi connectivity index (χ2v) is 5.73. The quantitative estimate of drug-likeness (QED) is 0.748. The number of fused-ring (bicyclic) bond motifs is 1. The molecule has 0 bridgehead atoms. The normalized spacial score (nSPS) is 10.2. The van der Waals surface area contributed by atoms with Crippen LogP contribution in [0.2, 0.25) is 0 Å². The monoisotopic (exact) mass is 321 g/mol. The van der Waals surface area contributed by atoms with E-state index in [-0.39, 0.29) is 16.9 Å². The fourth-order valence-corrected chi connectivity index (χ4v) is 3.24. The van der Waals surface area contributed by atoms with Crippen molar-refractivity contribution >= 4 is 32.9 Å². The number of hydrogen-bond acceptors (Lipinski definition) is 7. The molecule has 23 heavy (non-hydrogen) atoms. The number of thiophene rings is 1. The Morgan fingerprint density at radius 3 is 2.35 bits per heavy atom. The topological polar surface area (TPSA) is 122 Å². The lowest BCUT2D eigenvalue weighted by Gasteiger charge is -2.08. The Hall–Kier alpha value is -3.29. The van der Waals surface area contributed by atoms with Gasteiger partial charge in [0.05, 0.1) is 29.6 Å². The summed E-state index contributed by atoms with van der Waals surface area (Å²) in [5.41, 5.74) is 14.0. The molecule has 0 aliphatic carbocycles. The average Bonchev–Trinajstić information content (AvgIpc) is 2.91. The minimum atomic E-state index is 0.247. The molecule has 3 aromatic rings. The Morgan fingerprint density at radius 1 is 1.09 bits per heavy atom. The summed E-state index contributed by atoms with van der Waals surface area (Å²) in [6.45, 7) is 0. The van der Waals surface area contributed by atoms with Gasteiger partial charge in [0.25, 0.3) is 0 Å². The molecule has 0 fully saturated rings. The molecule has 3 rings (SSSR count). The van der Waals surface area contributed by atoms with Crippen molar-refractivity contribution in [1.29, 1.82) is 10.5 Å². The van der Waals surface area contributed by atoms with E-state index in [0.29, 0.717) is 26.5 Å². The highest BCUT2D eigenvalue weighted by atomic mass is 32.1. The number of methoxy groups -OCH3 is 1. The SMILES string of the molecule is COc1ccc(-c2nc3sc(C#N)c(N)c3c(N)c2C#N)cc1. The molecule has 0 unspecified atom stereocenters. The lowest BCUT2D eigenvalue weighted by molar-refractivity contribution is 0.415. The van der Waals surface area contributed by atoms with Gasteiger partial charge >= 0.3 is 0 Å². The van der Waals surface area contributed by atoms with Gasteiger partial charge in [-0.25, -0.2) is 4.98 Å². The standard InChI is InChI=1S/C16H11N5OS/c1-22-9-4-2-8(3-5-9)15-10(6-17)13(19)12-14(20)11(7-18)23-16(12)21-15/h2-5H,20H2,1H3,(H2,19,21). The zero-order chi connectivity index (χ0) is 16.6. The van der Waals surface area contributed by atoms with Crippen molar-refractivity contribution in [2.45, 2.75) is 0 Å². The zero-order valence-corrected chi connectivity index (χ0v) is 12.9. The van der Waals surface area contributed by atoms with Crippen LogP contribution < -0.4 is 16.2 Å². The summed E-state index contributed by atoms with van der Waals surface area (Å²) in [5, 5.41) is 19.1. The predicted octanol–water partition coefficient (Wildman–Crippen LogP) is 2.88. The molecule has 112 valence electrons. The molecule has 0 saturated carbocycles. The van der Waals surface area contributed by atoms with E-state index in [1.54, 1.807) is 31.4 Å². The highest BCUT2D eigenvalue weighted by Crippen LogP contribution is 2.40. The van der Waals surface area contributed by atoms with Crippen LogP contribution in [0, 0.1) is 22.7 Å². The summed E-state index contributed by atoms with van der Waals surface area (Å²) >= 11 is 1.16. The first-order valence-corrected chi connectivity index (χ1v) is 7.38. The highest BCUT2D eigenvalue weighted by Gasteiger charge is 2.20. The van der Waals surface area contributed by atoms with Crippen molar-refractivity contribution in [3.8, 4) is 29.1 Å². The maximum absolute atomic E-state index is 9.48. The number of pyridine rings is 1. The first kappa shape index (κ1) is 14.6. The van der Waals surface area contributed by atoms with Crippen LogP contribution in [0.3, 0.4) is 0 Å². The minimum Gasteiger partial charge on any atom is -0.497 e. The van der Waals surface area contributed by atoms with Crippen LogP contribution in [0.25, 0.3) is 21.5 Å². The largest absolute Gasteiger partial charge is 0.497 e. The molecule has 0 aliphatic heterocycles. The van der Waals surface area contributed by atoms with Crippen LogP contribution in [-0.2, 0) is 0 Å². The number of nitriles is 2. The molecule has 0 aliphatic rings. The number of aromatic nitrogens is 1. The van der Waals surface area contributed by atoms with Gasteiger partial charge in [-0.3, -0.25) is 0 Å². The summed E-state index contributed by atoms with van der Waals surface area (Å²) in [7, 11) is 1.58. The smallest absolute Gasteiger partial charge is 0.130 e. The predicted molar refractivity (Wildman–Crippen MR) is 89.9 cm³/mol. The van der Waals surface area contributed by atoms with E-state index in [1.807, 2.05) is 6.07 Å². The van der Waals surface area contributed by atoms with E-state index in [0.717, 1.165) is 16.9 Å². The third-order valence-corrected chi connectivity index (χ3v) is 4.50. The maximum Gasteiger partial charge on any atom is 0.130 e. The van der Waals surface area contributed by atoms with Gasteiger partial charge in [0.2, 0.25) is 0 Å². The van der Waals surface area contributed by atoms with Crippen molar-refractivity contribution < 1.29 is 4.74 Å². The van der Waals surface area contributed by atoms with Gasteiger partial charge in [0, 0.05) is 5.56 Å². The third kappa shape index (κ3) is 2.20. The molecule has 0 amide bonds. The Balaban J connectivity index is 2.32. The van der Waals surface area contributed by atoms with Crippen LogP contribution in [0.15, 0.2) is 24.3 Å². The molecule has 0 atom stereocenters. The van der Waals surface area contributed by atoms with E-state index in [1.165, 1.54) is 0 Å². The van der Waals surface area contributed by atoms with Crippen LogP contribution in [0.4, 0.5) is 11.4 Å². The molecule has 2 aromatic heterocycles. The van der Waals surface area contributed by atoms with Gasteiger partial charge in [-0.2, -0.15) is 10.5 Å². The minimum absolute atomic E-state index is 0.247. The average molecular weight is 321 g/mol. The Morgan fingerprint density at radius 2 is 1.78 bits per heavy atom. The molecular weight excluding hydrogens is 310 g/mol. The number of anilines is 2. The van der Waals surface area contributed by atoms with Gasteiger partial charge in [-0.15, -0.1) is 11.3 Å². The molecule has 4 N–H and O–H groups in total. The number of ether oxygens (including phenoxy) is 1. The first-order chi connectivity index (χ1) is 11.1. The highest BCUT2D eigenvalue weighted by molar-refractivity contribution is 7.20. The van der Waals surface area contributed by atoms with Crippen molar-refractivity contribution in [1.82, 2.24) is 4.98 Å². The van der Waals surface area contributed by atoms with E-state index in [4.69, 9.17) is 21.5 Å². The van der Waals surface area contributed by atoms with Gasteiger partial charge in [-0.05, 0) is 24.3 Å². The zero-order valence-electron chi connectivity index (χ0n) is 12.1. The lowest BCUT2D eigenvalue weighted by atomic mass is 10.0. The molecule has 0 saturated heterocycles. The summed E-state index contributed by atoms with van der Waals surface area (Å²) < 4.78 is 5.13. The molecule has 6 nitrogen and oxygen atoms in total. The van der Waals surface area contributed by atoms with Crippen LogP contribution in [-0.4, -0.2) is 12.1 Å². The van der Waals surface area contributed by atoms with Crippen LogP contribution in [0.1, 0.15) is 10.4 Å². The van der Waals surface area contributed by atoms with E-state index in [9.17, 15) is 5.26 Å². The second kappa shape index (κ2) is 5.48. The second-order valence-electron chi connectivity index (χ2n) is 4.73. The molecule has 1 aromatic carbocycles. The van der Waals surface area contributed by atoms with E-state index < -0.39 is 0 Å². The Labute approximate surface area is 136 Å². The van der Waals surface area contributed by atoms with E-state index >= 15 is 0 Å². The van der Waals surface area contributed by atoms with Gasteiger partial charge in [0.1, 0.15) is 33.2 Å². The summed E-state index contributed by atoms with van der Waals surface area (Å²) in [6, 6.07) is 11.3. The van der Waals surface area contributed by atoms with E-state index in [2.05, 4.69) is 11.1 Å². The van der Waals surface area contributed by atoms with Crippen molar-refractivity contribution in [3.05, 3.63) is 34.7 Å². The first-order valence-electron chi connectivity index (χ1n) is 6.56. The lowest BCUT2D eigenvalue weighted by Crippen LogP contribution is -1.99. The maximum atomic E-state index is 9.48. The van der Waals surface area contributed by atoms with Gasteiger partial charge in [-0.1, -0.05) is 0 Å². The number of rotatable bonds is 2.